The first-order valence-corrected chi connectivity index (χ1v) is 4.07. The van der Waals surface area contributed by atoms with Gasteiger partial charge in [0.1, 0.15) is 5.60 Å². The van der Waals surface area contributed by atoms with Gasteiger partial charge < -0.3 is 4.74 Å². The van der Waals surface area contributed by atoms with Crippen molar-refractivity contribution in [3.05, 3.63) is 0 Å². The monoisotopic (exact) mass is 168 g/mol. The molecule has 2 nitrogen and oxygen atoms in total. The number of hydrogen-bond donors (Lipinski definition) is 0. The maximum Gasteiger partial charge on any atom is 0.307 e. The third-order valence-corrected chi connectivity index (χ3v) is 1.05. The molecule has 0 amide bonds. The zero-order valence-corrected chi connectivity index (χ0v) is 8.23. The van der Waals surface area contributed by atoms with E-state index in [1.165, 1.54) is 0 Å². The predicted molar refractivity (Wildman–Crippen MR) is 48.5 cm³/mol. The molecule has 0 rings (SSSR count). The Morgan fingerprint density at radius 3 is 2.42 bits per heavy atom. The number of hydrogen-bond acceptors (Lipinski definition) is 2. The molecular weight excluding hydrogens is 152 g/mol. The topological polar surface area (TPSA) is 26.3 Å². The zero-order chi connectivity index (χ0) is 9.61. The average Bonchev–Trinajstić information content (AvgIpc) is 1.84. The fourth-order valence-corrected chi connectivity index (χ4v) is 0.682. The van der Waals surface area contributed by atoms with E-state index in [0.29, 0.717) is 12.8 Å². The average molecular weight is 168 g/mol. The van der Waals surface area contributed by atoms with Gasteiger partial charge in [-0.1, -0.05) is 0 Å². The standard InChI is InChI=1S/C10H16O2/c1-5-6-7-8-9(11)12-10(2,3)4/h7-8H2,1-4H3. The van der Waals surface area contributed by atoms with Gasteiger partial charge >= 0.3 is 5.97 Å². The third kappa shape index (κ3) is 7.14. The molecular formula is C10H16O2. The largest absolute Gasteiger partial charge is 0.460 e. The van der Waals surface area contributed by atoms with Crippen molar-refractivity contribution in [2.75, 3.05) is 0 Å². The van der Waals surface area contributed by atoms with Gasteiger partial charge in [0.2, 0.25) is 0 Å². The van der Waals surface area contributed by atoms with E-state index >= 15 is 0 Å². The number of carbonyl (C=O) groups is 1. The minimum Gasteiger partial charge on any atom is -0.460 e. The Balaban J connectivity index is 3.66. The van der Waals surface area contributed by atoms with E-state index in [1.807, 2.05) is 20.8 Å². The van der Waals surface area contributed by atoms with Crippen LogP contribution in [-0.2, 0) is 9.53 Å². The molecule has 68 valence electrons. The molecule has 0 saturated heterocycles. The molecule has 12 heavy (non-hydrogen) atoms. The van der Waals surface area contributed by atoms with Crippen LogP contribution in [0.15, 0.2) is 0 Å². The molecule has 2 heteroatoms. The van der Waals surface area contributed by atoms with Crippen molar-refractivity contribution in [3.8, 4) is 11.8 Å². The molecule has 0 aliphatic rings. The molecule has 0 aromatic rings. The van der Waals surface area contributed by atoms with Gasteiger partial charge in [-0.15, -0.1) is 11.8 Å². The van der Waals surface area contributed by atoms with E-state index in [-0.39, 0.29) is 11.6 Å². The zero-order valence-electron chi connectivity index (χ0n) is 8.23. The maximum atomic E-state index is 11.0. The highest BCUT2D eigenvalue weighted by Gasteiger charge is 2.14. The highest BCUT2D eigenvalue weighted by atomic mass is 16.6. The van der Waals surface area contributed by atoms with Gasteiger partial charge in [0.25, 0.3) is 0 Å². The van der Waals surface area contributed by atoms with Crippen LogP contribution in [-0.4, -0.2) is 11.6 Å². The number of rotatable bonds is 2. The number of esters is 1. The van der Waals surface area contributed by atoms with E-state index in [0.717, 1.165) is 0 Å². The molecule has 0 bridgehead atoms. The van der Waals surface area contributed by atoms with Gasteiger partial charge in [-0.25, -0.2) is 0 Å². The summed E-state index contributed by atoms with van der Waals surface area (Å²) in [5.41, 5.74) is -0.378. The van der Waals surface area contributed by atoms with Crippen molar-refractivity contribution in [2.24, 2.45) is 0 Å². The second-order valence-corrected chi connectivity index (χ2v) is 3.51. The first-order chi connectivity index (χ1) is 5.45. The summed E-state index contributed by atoms with van der Waals surface area (Å²) in [5.74, 6) is 5.37. The van der Waals surface area contributed by atoms with Gasteiger partial charge in [0, 0.05) is 6.42 Å². The van der Waals surface area contributed by atoms with Crippen molar-refractivity contribution in [2.45, 2.75) is 46.1 Å². The minimum atomic E-state index is -0.378. The molecule has 0 saturated carbocycles. The smallest absolute Gasteiger partial charge is 0.307 e. The fourth-order valence-electron chi connectivity index (χ4n) is 0.682. The molecule has 0 N–H and O–H groups in total. The van der Waals surface area contributed by atoms with Crippen LogP contribution in [0.25, 0.3) is 0 Å². The summed E-state index contributed by atoms with van der Waals surface area (Å²) in [5, 5.41) is 0. The van der Waals surface area contributed by atoms with Crippen molar-refractivity contribution >= 4 is 5.97 Å². The van der Waals surface area contributed by atoms with Gasteiger partial charge in [0.05, 0.1) is 6.42 Å². The summed E-state index contributed by atoms with van der Waals surface area (Å²) in [6.45, 7) is 7.33. The lowest BCUT2D eigenvalue weighted by Gasteiger charge is -2.18. The molecule has 0 aliphatic heterocycles. The Hall–Kier alpha value is -0.970. The Kier molecular flexibility index (Phi) is 4.43. The van der Waals surface area contributed by atoms with Crippen molar-refractivity contribution in [3.63, 3.8) is 0 Å². The second-order valence-electron chi connectivity index (χ2n) is 3.51. The summed E-state index contributed by atoms with van der Waals surface area (Å²) in [4.78, 5) is 11.0. The van der Waals surface area contributed by atoms with Crippen LogP contribution < -0.4 is 0 Å². The van der Waals surface area contributed by atoms with Gasteiger partial charge in [0.15, 0.2) is 0 Å². The molecule has 0 aromatic carbocycles. The third-order valence-electron chi connectivity index (χ3n) is 1.05. The molecule has 0 aromatic heterocycles. The predicted octanol–water partition coefficient (Wildman–Crippen LogP) is 2.13. The van der Waals surface area contributed by atoms with Crippen molar-refractivity contribution in [1.82, 2.24) is 0 Å². The summed E-state index contributed by atoms with van der Waals surface area (Å²) < 4.78 is 5.08. The van der Waals surface area contributed by atoms with E-state index in [9.17, 15) is 4.79 Å². The van der Waals surface area contributed by atoms with E-state index < -0.39 is 0 Å². The summed E-state index contributed by atoms with van der Waals surface area (Å²) in [7, 11) is 0. The van der Waals surface area contributed by atoms with E-state index in [2.05, 4.69) is 11.8 Å². The maximum absolute atomic E-state index is 11.0. The van der Waals surface area contributed by atoms with Crippen LogP contribution in [0, 0.1) is 11.8 Å². The lowest BCUT2D eigenvalue weighted by atomic mass is 10.2. The quantitative estimate of drug-likeness (QED) is 0.466. The van der Waals surface area contributed by atoms with Crippen LogP contribution in [0.1, 0.15) is 40.5 Å². The summed E-state index contributed by atoms with van der Waals surface area (Å²) >= 11 is 0. The first kappa shape index (κ1) is 11.0. The fraction of sp³-hybridized carbons (Fsp3) is 0.700. The van der Waals surface area contributed by atoms with Gasteiger partial charge in [-0.2, -0.15) is 0 Å². The summed E-state index contributed by atoms with van der Waals surface area (Å²) in [6.07, 6.45) is 0.976. The Morgan fingerprint density at radius 2 is 2.00 bits per heavy atom. The number of ether oxygens (including phenoxy) is 1. The van der Waals surface area contributed by atoms with Crippen LogP contribution in [0.4, 0.5) is 0 Å². The highest BCUT2D eigenvalue weighted by molar-refractivity contribution is 5.70. The Labute approximate surface area is 74.3 Å². The molecule has 0 spiro atoms. The first-order valence-electron chi connectivity index (χ1n) is 4.07. The van der Waals surface area contributed by atoms with Crippen molar-refractivity contribution in [1.29, 1.82) is 0 Å². The molecule has 0 heterocycles. The molecule has 0 fully saturated rings. The molecule has 0 atom stereocenters. The van der Waals surface area contributed by atoms with E-state index in [1.54, 1.807) is 6.92 Å². The second kappa shape index (κ2) is 4.82. The Bertz CT molecular complexity index is 200. The lowest BCUT2D eigenvalue weighted by Crippen LogP contribution is -2.23. The normalized spacial score (nSPS) is 10.0. The van der Waals surface area contributed by atoms with E-state index in [4.69, 9.17) is 4.74 Å². The van der Waals surface area contributed by atoms with Crippen LogP contribution in [0.5, 0.6) is 0 Å². The highest BCUT2D eigenvalue weighted by Crippen LogP contribution is 2.08. The Morgan fingerprint density at radius 1 is 1.42 bits per heavy atom. The van der Waals surface area contributed by atoms with Gasteiger partial charge in [-0.05, 0) is 27.7 Å². The van der Waals surface area contributed by atoms with Crippen LogP contribution >= 0.6 is 0 Å². The summed E-state index contributed by atoms with van der Waals surface area (Å²) in [6, 6.07) is 0. The molecule has 0 radical (unpaired) electrons. The van der Waals surface area contributed by atoms with Crippen molar-refractivity contribution < 1.29 is 9.53 Å². The SMILES string of the molecule is CC#CCCC(=O)OC(C)(C)C. The lowest BCUT2D eigenvalue weighted by molar-refractivity contribution is -0.154. The van der Waals surface area contributed by atoms with Crippen LogP contribution in [0.3, 0.4) is 0 Å². The minimum absolute atomic E-state index is 0.176. The molecule has 0 aliphatic carbocycles. The number of carbonyl (C=O) groups excluding carboxylic acids is 1. The van der Waals surface area contributed by atoms with Crippen LogP contribution in [0.2, 0.25) is 0 Å². The van der Waals surface area contributed by atoms with Gasteiger partial charge in [-0.3, -0.25) is 4.79 Å². The molecule has 0 unspecified atom stereocenters.